The van der Waals surface area contributed by atoms with Gasteiger partial charge in [-0.25, -0.2) is 4.39 Å². The summed E-state index contributed by atoms with van der Waals surface area (Å²) in [4.78, 5) is 0. The summed E-state index contributed by atoms with van der Waals surface area (Å²) in [5, 5.41) is 0. The van der Waals surface area contributed by atoms with Crippen LogP contribution in [0.2, 0.25) is 0 Å². The third kappa shape index (κ3) is 2.90. The van der Waals surface area contributed by atoms with Crippen molar-refractivity contribution in [1.82, 2.24) is 0 Å². The number of hydrogen-bond donors (Lipinski definition) is 1. The Kier molecular flexibility index (Phi) is 4.14. The highest BCUT2D eigenvalue weighted by Gasteiger charge is 2.35. The topological polar surface area (TPSA) is 26.0 Å². The van der Waals surface area contributed by atoms with Gasteiger partial charge in [-0.1, -0.05) is 42.5 Å². The molecule has 0 spiro atoms. The van der Waals surface area contributed by atoms with Crippen LogP contribution in [0.5, 0.6) is 0 Å². The zero-order chi connectivity index (χ0) is 14.9. The van der Waals surface area contributed by atoms with Crippen LogP contribution in [0, 0.1) is 5.82 Å². The van der Waals surface area contributed by atoms with E-state index in [0.717, 1.165) is 25.7 Å². The smallest absolute Gasteiger partial charge is 0.142 e. The number of benzene rings is 2. The molecule has 0 bridgehead atoms. The van der Waals surface area contributed by atoms with Crippen molar-refractivity contribution >= 4 is 15.9 Å². The molecule has 21 heavy (non-hydrogen) atoms. The lowest BCUT2D eigenvalue weighted by molar-refractivity contribution is 0.269. The summed E-state index contributed by atoms with van der Waals surface area (Å²) >= 11 is 3.25. The second-order valence-electron chi connectivity index (χ2n) is 5.94. The molecule has 0 saturated heterocycles. The van der Waals surface area contributed by atoms with Gasteiger partial charge in [0.15, 0.2) is 0 Å². The minimum atomic E-state index is -0.543. The quantitative estimate of drug-likeness (QED) is 0.803. The van der Waals surface area contributed by atoms with Crippen molar-refractivity contribution in [1.29, 1.82) is 0 Å². The second-order valence-corrected chi connectivity index (χ2v) is 6.80. The second kappa shape index (κ2) is 5.90. The molecule has 0 atom stereocenters. The fraction of sp³-hybridized carbons (Fsp3) is 0.333. The van der Waals surface area contributed by atoms with Crippen LogP contribution < -0.4 is 5.73 Å². The monoisotopic (exact) mass is 347 g/mol. The minimum Gasteiger partial charge on any atom is -0.321 e. The first-order valence-electron chi connectivity index (χ1n) is 7.38. The van der Waals surface area contributed by atoms with Gasteiger partial charge < -0.3 is 5.73 Å². The van der Waals surface area contributed by atoms with E-state index in [9.17, 15) is 4.39 Å². The van der Waals surface area contributed by atoms with Crippen LogP contribution in [0.15, 0.2) is 53.0 Å². The Balaban J connectivity index is 1.79. The van der Waals surface area contributed by atoms with Crippen molar-refractivity contribution in [2.75, 3.05) is 0 Å². The predicted octanol–water partition coefficient (Wildman–Crippen LogP) is 5.10. The normalized spacial score (nSPS) is 25.8. The van der Waals surface area contributed by atoms with Gasteiger partial charge in [0.05, 0.1) is 4.47 Å². The molecule has 3 heteroatoms. The highest BCUT2D eigenvalue weighted by Crippen LogP contribution is 2.43. The van der Waals surface area contributed by atoms with E-state index in [4.69, 9.17) is 5.73 Å². The van der Waals surface area contributed by atoms with Crippen molar-refractivity contribution in [3.8, 4) is 0 Å². The van der Waals surface area contributed by atoms with Crippen LogP contribution in [0.3, 0.4) is 0 Å². The predicted molar refractivity (Wildman–Crippen MR) is 87.6 cm³/mol. The van der Waals surface area contributed by atoms with Crippen LogP contribution in [0.1, 0.15) is 42.7 Å². The maximum atomic E-state index is 14.3. The summed E-state index contributed by atoms with van der Waals surface area (Å²) in [6.45, 7) is 0. The Morgan fingerprint density at radius 2 is 1.67 bits per heavy atom. The highest BCUT2D eigenvalue weighted by atomic mass is 79.9. The third-order valence-corrected chi connectivity index (χ3v) is 5.25. The number of nitrogens with two attached hydrogens (primary N) is 1. The van der Waals surface area contributed by atoms with Gasteiger partial charge in [0.25, 0.3) is 0 Å². The van der Waals surface area contributed by atoms with Crippen molar-refractivity contribution in [3.63, 3.8) is 0 Å². The number of halogens is 2. The molecule has 0 aliphatic heterocycles. The van der Waals surface area contributed by atoms with Crippen LogP contribution in [0.4, 0.5) is 4.39 Å². The van der Waals surface area contributed by atoms with E-state index in [2.05, 4.69) is 40.2 Å². The largest absolute Gasteiger partial charge is 0.321 e. The average molecular weight is 348 g/mol. The molecule has 2 aromatic rings. The molecule has 0 amide bonds. The zero-order valence-corrected chi connectivity index (χ0v) is 13.4. The van der Waals surface area contributed by atoms with E-state index in [-0.39, 0.29) is 5.82 Å². The molecular weight excluding hydrogens is 329 g/mol. The van der Waals surface area contributed by atoms with Crippen LogP contribution in [-0.2, 0) is 5.54 Å². The number of hydrogen-bond acceptors (Lipinski definition) is 1. The molecule has 3 rings (SSSR count). The van der Waals surface area contributed by atoms with Crippen molar-refractivity contribution in [2.24, 2.45) is 5.73 Å². The molecule has 0 unspecified atom stereocenters. The van der Waals surface area contributed by atoms with E-state index in [1.807, 2.05) is 18.2 Å². The van der Waals surface area contributed by atoms with Gasteiger partial charge in [-0.2, -0.15) is 0 Å². The maximum Gasteiger partial charge on any atom is 0.142 e. The Bertz CT molecular complexity index is 618. The summed E-state index contributed by atoms with van der Waals surface area (Å²) in [6.07, 6.45) is 3.65. The van der Waals surface area contributed by atoms with Gasteiger partial charge in [0, 0.05) is 11.1 Å². The van der Waals surface area contributed by atoms with Crippen LogP contribution in [-0.4, -0.2) is 0 Å². The molecule has 1 aliphatic rings. The lowest BCUT2D eigenvalue weighted by atomic mass is 9.71. The zero-order valence-electron chi connectivity index (χ0n) is 11.9. The van der Waals surface area contributed by atoms with Crippen molar-refractivity contribution in [2.45, 2.75) is 37.1 Å². The van der Waals surface area contributed by atoms with Crippen LogP contribution >= 0.6 is 15.9 Å². The molecule has 0 radical (unpaired) electrons. The first-order chi connectivity index (χ1) is 10.1. The molecule has 1 fully saturated rings. The molecule has 1 aliphatic carbocycles. The molecule has 1 nitrogen and oxygen atoms in total. The Hall–Kier alpha value is -1.19. The number of rotatable bonds is 2. The molecule has 2 N–H and O–H groups in total. The van der Waals surface area contributed by atoms with E-state index < -0.39 is 5.54 Å². The SMILES string of the molecule is NC1(c2cccc(Br)c2F)CCC(c2ccccc2)CC1. The van der Waals surface area contributed by atoms with E-state index in [1.165, 1.54) is 5.56 Å². The maximum absolute atomic E-state index is 14.3. The molecule has 0 aromatic heterocycles. The van der Waals surface area contributed by atoms with Gasteiger partial charge in [-0.3, -0.25) is 0 Å². The summed E-state index contributed by atoms with van der Waals surface area (Å²) in [5.74, 6) is 0.330. The van der Waals surface area contributed by atoms with Crippen LogP contribution in [0.25, 0.3) is 0 Å². The minimum absolute atomic E-state index is 0.210. The fourth-order valence-corrected chi connectivity index (χ4v) is 3.72. The van der Waals surface area contributed by atoms with Gasteiger partial charge in [-0.05, 0) is 59.2 Å². The summed E-state index contributed by atoms with van der Waals surface area (Å²) in [6, 6.07) is 15.9. The Labute approximate surface area is 133 Å². The first-order valence-corrected chi connectivity index (χ1v) is 8.18. The summed E-state index contributed by atoms with van der Waals surface area (Å²) < 4.78 is 14.8. The molecule has 2 aromatic carbocycles. The first kappa shape index (κ1) is 14.7. The van der Waals surface area contributed by atoms with Crippen molar-refractivity contribution < 1.29 is 4.39 Å². The molecular formula is C18H19BrFN. The Morgan fingerprint density at radius 1 is 1.00 bits per heavy atom. The van der Waals surface area contributed by atoms with E-state index in [1.54, 1.807) is 6.07 Å². The molecule has 1 saturated carbocycles. The molecule has 0 heterocycles. The summed E-state index contributed by atoms with van der Waals surface area (Å²) in [7, 11) is 0. The lowest BCUT2D eigenvalue weighted by Gasteiger charge is -2.38. The van der Waals surface area contributed by atoms with Gasteiger partial charge in [-0.15, -0.1) is 0 Å². The van der Waals surface area contributed by atoms with Gasteiger partial charge >= 0.3 is 0 Å². The highest BCUT2D eigenvalue weighted by molar-refractivity contribution is 9.10. The van der Waals surface area contributed by atoms with Crippen molar-refractivity contribution in [3.05, 3.63) is 69.9 Å². The van der Waals surface area contributed by atoms with E-state index in [0.29, 0.717) is 16.0 Å². The Morgan fingerprint density at radius 3 is 2.33 bits per heavy atom. The van der Waals surface area contributed by atoms with Gasteiger partial charge in [0.2, 0.25) is 0 Å². The lowest BCUT2D eigenvalue weighted by Crippen LogP contribution is -2.41. The molecule has 110 valence electrons. The third-order valence-electron chi connectivity index (χ3n) is 4.64. The van der Waals surface area contributed by atoms with E-state index >= 15 is 0 Å². The summed E-state index contributed by atoms with van der Waals surface area (Å²) in [5.41, 5.74) is 8.00. The van der Waals surface area contributed by atoms with Gasteiger partial charge in [0.1, 0.15) is 5.82 Å². The average Bonchev–Trinajstić information content (AvgIpc) is 2.51. The standard InChI is InChI=1S/C18H19BrFN/c19-16-8-4-7-15(17(16)20)18(21)11-9-14(10-12-18)13-5-2-1-3-6-13/h1-8,14H,9-12,21H2. The fourth-order valence-electron chi connectivity index (χ4n) is 3.35.